The summed E-state index contributed by atoms with van der Waals surface area (Å²) in [5.74, 6) is -1.13. The van der Waals surface area contributed by atoms with E-state index in [0.29, 0.717) is 6.42 Å². The molecule has 124 valence electrons. The van der Waals surface area contributed by atoms with Crippen LogP contribution in [0, 0.1) is 0 Å². The van der Waals surface area contributed by atoms with Gasteiger partial charge in [0, 0.05) is 12.8 Å². The van der Waals surface area contributed by atoms with Gasteiger partial charge < -0.3 is 11.0 Å². The molecule has 0 aromatic carbocycles. The Morgan fingerprint density at radius 3 is 1.68 bits per heavy atom. The zero-order valence-electron chi connectivity index (χ0n) is 15.6. The van der Waals surface area contributed by atoms with E-state index >= 15 is 0 Å². The van der Waals surface area contributed by atoms with Gasteiger partial charge in [-0.3, -0.25) is 9.59 Å². The number of ether oxygens (including phenoxy) is 1. The first-order valence-electron chi connectivity index (χ1n) is 8.29. The Hall–Kier alpha value is -0.190. The molecule has 0 aromatic heterocycles. The number of hydrogen-bond acceptors (Lipinski definition) is 4. The molecule has 0 heterocycles. The van der Waals surface area contributed by atoms with E-state index in [1.54, 1.807) is 0 Å². The van der Waals surface area contributed by atoms with E-state index in [1.807, 2.05) is 0 Å². The molecule has 0 aliphatic carbocycles. The van der Waals surface area contributed by atoms with Crippen molar-refractivity contribution in [2.45, 2.75) is 90.9 Å². The van der Waals surface area contributed by atoms with Crippen LogP contribution in [0.3, 0.4) is 0 Å². The third-order valence-electron chi connectivity index (χ3n) is 3.39. The Morgan fingerprint density at radius 2 is 1.18 bits per heavy atom. The maximum atomic E-state index is 11.4. The van der Waals surface area contributed by atoms with E-state index in [9.17, 15) is 14.4 Å². The summed E-state index contributed by atoms with van der Waals surface area (Å²) in [5.41, 5.74) is 0. The van der Waals surface area contributed by atoms with Crippen LogP contribution in [0.2, 0.25) is 0 Å². The second kappa shape index (κ2) is 17.2. The van der Waals surface area contributed by atoms with E-state index in [1.165, 1.54) is 45.4 Å². The molecule has 0 atom stereocenters. The molecule has 0 rings (SSSR count). The zero-order valence-corrected chi connectivity index (χ0v) is 16.6. The van der Waals surface area contributed by atoms with Gasteiger partial charge in [0.25, 0.3) is 0 Å². The van der Waals surface area contributed by atoms with Crippen molar-refractivity contribution in [3.05, 3.63) is 0 Å². The molecule has 0 saturated heterocycles. The summed E-state index contributed by atoms with van der Waals surface area (Å²) in [7, 11) is 0. The van der Waals surface area contributed by atoms with Crippen LogP contribution in [0.25, 0.3) is 0 Å². The molecule has 0 amide bonds. The van der Waals surface area contributed by atoms with Crippen LogP contribution >= 0.6 is 0 Å². The van der Waals surface area contributed by atoms with Gasteiger partial charge in [-0.25, -0.2) is 0 Å². The van der Waals surface area contributed by atoms with Crippen LogP contribution in [-0.2, 0) is 19.1 Å². The number of unbranched alkanes of at least 4 members (excludes halogenated alkanes) is 8. The summed E-state index contributed by atoms with van der Waals surface area (Å²) < 4.78 is 4.64. The van der Waals surface area contributed by atoms with Crippen LogP contribution in [0.1, 0.15) is 92.3 Å². The third-order valence-corrected chi connectivity index (χ3v) is 3.39. The molecule has 0 unspecified atom stereocenters. The number of hydrogen-bond donors (Lipinski definition) is 0. The summed E-state index contributed by atoms with van der Waals surface area (Å²) in [4.78, 5) is 33.3. The van der Waals surface area contributed by atoms with E-state index in [2.05, 4.69) is 11.7 Å². The summed E-state index contributed by atoms with van der Waals surface area (Å²) in [5, 5.41) is 0. The number of ketones is 1. The van der Waals surface area contributed by atoms with Gasteiger partial charge in [-0.2, -0.15) is 0 Å². The molecule has 4 nitrogen and oxygen atoms in total. The molecule has 0 aliphatic rings. The first kappa shape index (κ1) is 24.1. The van der Waals surface area contributed by atoms with Crippen molar-refractivity contribution < 1.29 is 50.1 Å². The number of carbonyl (C=O) groups excluding carboxylic acids is 3. The molecular formula is C17H31NaO4. The Labute approximate surface area is 158 Å². The van der Waals surface area contributed by atoms with E-state index in [-0.39, 0.29) is 49.6 Å². The van der Waals surface area contributed by atoms with Crippen LogP contribution in [0.5, 0.6) is 0 Å². The summed E-state index contributed by atoms with van der Waals surface area (Å²) >= 11 is 0. The van der Waals surface area contributed by atoms with Gasteiger partial charge in [0.1, 0.15) is 5.78 Å². The number of Topliss-reactive ketones (excluding diaryl/α,β-unsaturated/α-hetero) is 1. The number of esters is 2. The van der Waals surface area contributed by atoms with Crippen molar-refractivity contribution in [3.63, 3.8) is 0 Å². The van der Waals surface area contributed by atoms with Crippen molar-refractivity contribution in [2.75, 3.05) is 0 Å². The zero-order chi connectivity index (χ0) is 15.9. The van der Waals surface area contributed by atoms with E-state index in [4.69, 9.17) is 0 Å². The topological polar surface area (TPSA) is 60.4 Å². The smallest absolute Gasteiger partial charge is 1.00 e. The van der Waals surface area contributed by atoms with Crippen LogP contribution in [0.15, 0.2) is 0 Å². The molecule has 0 fully saturated rings. The van der Waals surface area contributed by atoms with Crippen LogP contribution in [0.4, 0.5) is 0 Å². The molecule has 0 aromatic rings. The average molecular weight is 322 g/mol. The fourth-order valence-corrected chi connectivity index (χ4v) is 2.09. The number of rotatable bonds is 13. The first-order valence-corrected chi connectivity index (χ1v) is 8.29. The fourth-order valence-electron chi connectivity index (χ4n) is 2.09. The van der Waals surface area contributed by atoms with Crippen molar-refractivity contribution in [3.8, 4) is 0 Å². The maximum Gasteiger partial charge on any atom is 1.00 e. The molecule has 5 heteroatoms. The summed E-state index contributed by atoms with van der Waals surface area (Å²) in [6.07, 6.45) is 11.1. The fraction of sp³-hybridized carbons (Fsp3) is 0.824. The molecule has 22 heavy (non-hydrogen) atoms. The largest absolute Gasteiger partial charge is 1.00 e. The average Bonchev–Trinajstić information content (AvgIpc) is 2.43. The molecule has 0 bridgehead atoms. The SMILES string of the molecule is CCCCCCCCCCCC(=O)OC(=O)CCC(C)=O.[H-].[Na+]. The minimum atomic E-state index is -0.592. The van der Waals surface area contributed by atoms with Gasteiger partial charge in [0.15, 0.2) is 0 Å². The molecule has 0 radical (unpaired) electrons. The van der Waals surface area contributed by atoms with Gasteiger partial charge in [0.2, 0.25) is 0 Å². The Bertz CT molecular complexity index is 322. The van der Waals surface area contributed by atoms with Crippen molar-refractivity contribution in [1.82, 2.24) is 0 Å². The predicted octanol–water partition coefficient (Wildman–Crippen LogP) is 1.46. The standard InChI is InChI=1S/C17H30O4.Na.H/c1-3-4-5-6-7-8-9-10-11-12-16(19)21-17(20)14-13-15(2)18;;/h3-14H2,1-2H3;;/q;+1;-1. The molecular weight excluding hydrogens is 291 g/mol. The maximum absolute atomic E-state index is 11.4. The van der Waals surface area contributed by atoms with Gasteiger partial charge in [-0.1, -0.05) is 58.3 Å². The second-order valence-electron chi connectivity index (χ2n) is 5.63. The molecule has 0 aliphatic heterocycles. The van der Waals surface area contributed by atoms with E-state index in [0.717, 1.165) is 19.3 Å². The van der Waals surface area contributed by atoms with Crippen molar-refractivity contribution in [1.29, 1.82) is 0 Å². The van der Waals surface area contributed by atoms with Crippen LogP contribution < -0.4 is 29.6 Å². The number of carbonyl (C=O) groups is 3. The monoisotopic (exact) mass is 322 g/mol. The Balaban J connectivity index is -0.00000200. The van der Waals surface area contributed by atoms with Gasteiger partial charge in [-0.05, 0) is 13.3 Å². The third kappa shape index (κ3) is 17.9. The van der Waals surface area contributed by atoms with E-state index < -0.39 is 11.9 Å². The molecule has 0 saturated carbocycles. The first-order chi connectivity index (χ1) is 10.1. The Morgan fingerprint density at radius 1 is 0.727 bits per heavy atom. The van der Waals surface area contributed by atoms with Gasteiger partial charge >= 0.3 is 41.5 Å². The van der Waals surface area contributed by atoms with Gasteiger partial charge in [0.05, 0.1) is 6.42 Å². The minimum Gasteiger partial charge on any atom is -1.00 e. The Kier molecular flexibility index (Phi) is 18.8. The molecule has 0 N–H and O–H groups in total. The summed E-state index contributed by atoms with van der Waals surface area (Å²) in [6.45, 7) is 3.63. The quantitative estimate of drug-likeness (QED) is 0.223. The minimum absolute atomic E-state index is 0. The van der Waals surface area contributed by atoms with Crippen molar-refractivity contribution >= 4 is 17.7 Å². The summed E-state index contributed by atoms with van der Waals surface area (Å²) in [6, 6.07) is 0. The van der Waals surface area contributed by atoms with Crippen LogP contribution in [-0.4, -0.2) is 17.7 Å². The molecule has 0 spiro atoms. The van der Waals surface area contributed by atoms with Gasteiger partial charge in [-0.15, -0.1) is 0 Å². The predicted molar refractivity (Wildman–Crippen MR) is 84.0 cm³/mol. The second-order valence-corrected chi connectivity index (χ2v) is 5.63. The van der Waals surface area contributed by atoms with Crippen molar-refractivity contribution in [2.24, 2.45) is 0 Å². The normalized spacial score (nSPS) is 9.91.